The molecule has 0 aliphatic heterocycles. The molecule has 3 rings (SSSR count). The highest BCUT2D eigenvalue weighted by molar-refractivity contribution is 7.89. The molecule has 0 atom stereocenters. The highest BCUT2D eigenvalue weighted by atomic mass is 32.2. The summed E-state index contributed by atoms with van der Waals surface area (Å²) < 4.78 is 33.4. The van der Waals surface area contributed by atoms with E-state index in [2.05, 4.69) is 19.7 Å². The van der Waals surface area contributed by atoms with Crippen LogP contribution in [0.3, 0.4) is 0 Å². The molecular formula is C22H27N5O4S. The SMILES string of the molecule is COc1ccncc1-c1nc(-c2cc(S(=O)(=O)NCCC(C)(C)O)ccc2C)cnc1N. The van der Waals surface area contributed by atoms with Crippen molar-refractivity contribution in [2.24, 2.45) is 0 Å². The van der Waals surface area contributed by atoms with Gasteiger partial charge in [-0.1, -0.05) is 6.07 Å². The van der Waals surface area contributed by atoms with Gasteiger partial charge in [-0.05, 0) is 51.0 Å². The van der Waals surface area contributed by atoms with Gasteiger partial charge in [0.1, 0.15) is 17.3 Å². The van der Waals surface area contributed by atoms with Gasteiger partial charge >= 0.3 is 0 Å². The summed E-state index contributed by atoms with van der Waals surface area (Å²) in [5, 5.41) is 9.82. The van der Waals surface area contributed by atoms with Gasteiger partial charge in [-0.2, -0.15) is 0 Å². The average molecular weight is 458 g/mol. The van der Waals surface area contributed by atoms with Crippen LogP contribution in [-0.2, 0) is 10.0 Å². The molecule has 3 aromatic rings. The lowest BCUT2D eigenvalue weighted by atomic mass is 10.1. The number of pyridine rings is 1. The number of aromatic nitrogens is 3. The van der Waals surface area contributed by atoms with Crippen molar-refractivity contribution in [1.29, 1.82) is 0 Å². The van der Waals surface area contributed by atoms with Crippen LogP contribution in [0.5, 0.6) is 5.75 Å². The standard InChI is InChI=1S/C22H27N5O4S/c1-14-5-6-15(32(29,30)26-10-8-22(2,3)28)11-16(14)18-13-25-21(23)20(27-18)17-12-24-9-7-19(17)31-4/h5-7,9,11-13,26,28H,8,10H2,1-4H3,(H2,23,25). The number of nitrogen functional groups attached to an aromatic ring is 1. The third-order valence-corrected chi connectivity index (χ3v) is 6.34. The predicted molar refractivity (Wildman–Crippen MR) is 123 cm³/mol. The van der Waals surface area contributed by atoms with Gasteiger partial charge in [-0.3, -0.25) is 4.98 Å². The van der Waals surface area contributed by atoms with Crippen molar-refractivity contribution < 1.29 is 18.3 Å². The molecule has 0 fully saturated rings. The van der Waals surface area contributed by atoms with Gasteiger partial charge in [0.25, 0.3) is 0 Å². The van der Waals surface area contributed by atoms with Gasteiger partial charge in [0.15, 0.2) is 0 Å². The van der Waals surface area contributed by atoms with Crippen LogP contribution in [0.15, 0.2) is 47.8 Å². The molecule has 32 heavy (non-hydrogen) atoms. The molecule has 0 aliphatic rings. The molecule has 1 aromatic carbocycles. The Balaban J connectivity index is 2.00. The second-order valence-electron chi connectivity index (χ2n) is 8.00. The number of ether oxygens (including phenoxy) is 1. The van der Waals surface area contributed by atoms with E-state index in [4.69, 9.17) is 10.5 Å². The van der Waals surface area contributed by atoms with Crippen LogP contribution in [-0.4, -0.2) is 47.7 Å². The Hall–Kier alpha value is -3.08. The lowest BCUT2D eigenvalue weighted by Crippen LogP contribution is -2.30. The van der Waals surface area contributed by atoms with Crippen molar-refractivity contribution in [2.45, 2.75) is 37.7 Å². The minimum Gasteiger partial charge on any atom is -0.496 e. The van der Waals surface area contributed by atoms with Crippen molar-refractivity contribution in [1.82, 2.24) is 19.7 Å². The number of benzene rings is 1. The number of nitrogens with one attached hydrogen (secondary N) is 1. The molecule has 4 N–H and O–H groups in total. The Kier molecular flexibility index (Phi) is 6.77. The summed E-state index contributed by atoms with van der Waals surface area (Å²) in [5.41, 5.74) is 7.96. The van der Waals surface area contributed by atoms with E-state index < -0.39 is 15.6 Å². The highest BCUT2D eigenvalue weighted by Crippen LogP contribution is 2.33. The van der Waals surface area contributed by atoms with Crippen LogP contribution in [0.1, 0.15) is 25.8 Å². The monoisotopic (exact) mass is 457 g/mol. The molecule has 2 aromatic heterocycles. The van der Waals surface area contributed by atoms with Crippen molar-refractivity contribution in [3.05, 3.63) is 48.4 Å². The van der Waals surface area contributed by atoms with Crippen LogP contribution < -0.4 is 15.2 Å². The molecule has 10 heteroatoms. The van der Waals surface area contributed by atoms with Gasteiger partial charge in [-0.15, -0.1) is 0 Å². The maximum atomic E-state index is 12.8. The molecule has 0 spiro atoms. The molecule has 0 radical (unpaired) electrons. The first-order chi connectivity index (χ1) is 15.0. The van der Waals surface area contributed by atoms with E-state index in [-0.39, 0.29) is 23.7 Å². The summed E-state index contributed by atoms with van der Waals surface area (Å²) in [6, 6.07) is 6.48. The minimum atomic E-state index is -3.78. The quantitative estimate of drug-likeness (QED) is 0.469. The summed E-state index contributed by atoms with van der Waals surface area (Å²) in [5.74, 6) is 0.747. The Labute approximate surface area is 187 Å². The Bertz CT molecular complexity index is 1220. The summed E-state index contributed by atoms with van der Waals surface area (Å²) in [4.78, 5) is 13.1. The number of rotatable bonds is 8. The topological polar surface area (TPSA) is 140 Å². The van der Waals surface area contributed by atoms with Gasteiger partial charge in [0.2, 0.25) is 10.0 Å². The van der Waals surface area contributed by atoms with E-state index in [1.807, 2.05) is 6.92 Å². The lowest BCUT2D eigenvalue weighted by molar-refractivity contribution is 0.0728. The minimum absolute atomic E-state index is 0.0907. The smallest absolute Gasteiger partial charge is 0.240 e. The first-order valence-electron chi connectivity index (χ1n) is 9.96. The number of nitrogens with two attached hydrogens (primary N) is 1. The molecular weight excluding hydrogens is 430 g/mol. The zero-order valence-electron chi connectivity index (χ0n) is 18.5. The van der Waals surface area contributed by atoms with E-state index in [9.17, 15) is 13.5 Å². The predicted octanol–water partition coefficient (Wildman–Crippen LogP) is 2.54. The maximum Gasteiger partial charge on any atom is 0.240 e. The first kappa shape index (κ1) is 23.6. The average Bonchev–Trinajstić information content (AvgIpc) is 2.73. The number of methoxy groups -OCH3 is 1. The second-order valence-corrected chi connectivity index (χ2v) is 9.77. The van der Waals surface area contributed by atoms with E-state index in [1.54, 1.807) is 44.4 Å². The highest BCUT2D eigenvalue weighted by Gasteiger charge is 2.20. The van der Waals surface area contributed by atoms with Crippen molar-refractivity contribution >= 4 is 15.8 Å². The zero-order chi connectivity index (χ0) is 23.5. The molecule has 0 unspecified atom stereocenters. The molecule has 2 heterocycles. The van der Waals surface area contributed by atoms with E-state index in [0.717, 1.165) is 5.56 Å². The third kappa shape index (κ3) is 5.39. The zero-order valence-corrected chi connectivity index (χ0v) is 19.3. The third-order valence-electron chi connectivity index (χ3n) is 4.88. The number of anilines is 1. The van der Waals surface area contributed by atoms with Gasteiger partial charge in [0, 0.05) is 24.5 Å². The Morgan fingerprint density at radius 1 is 1.19 bits per heavy atom. The van der Waals surface area contributed by atoms with Gasteiger partial charge in [0.05, 0.1) is 35.1 Å². The fourth-order valence-corrected chi connectivity index (χ4v) is 4.14. The normalized spacial score (nSPS) is 12.0. The maximum absolute atomic E-state index is 12.8. The van der Waals surface area contributed by atoms with Crippen molar-refractivity contribution in [3.63, 3.8) is 0 Å². The van der Waals surface area contributed by atoms with E-state index in [0.29, 0.717) is 28.3 Å². The molecule has 0 aliphatic carbocycles. The number of hydrogen-bond donors (Lipinski definition) is 3. The Morgan fingerprint density at radius 3 is 2.62 bits per heavy atom. The first-order valence-corrected chi connectivity index (χ1v) is 11.4. The number of aryl methyl sites for hydroxylation is 1. The molecule has 170 valence electrons. The Morgan fingerprint density at radius 2 is 1.94 bits per heavy atom. The summed E-state index contributed by atoms with van der Waals surface area (Å²) in [6.07, 6.45) is 4.97. The van der Waals surface area contributed by atoms with Crippen LogP contribution in [0.25, 0.3) is 22.5 Å². The molecule has 0 bridgehead atoms. The number of sulfonamides is 1. The largest absolute Gasteiger partial charge is 0.496 e. The summed E-state index contributed by atoms with van der Waals surface area (Å²) in [7, 11) is -2.24. The molecule has 0 saturated heterocycles. The summed E-state index contributed by atoms with van der Waals surface area (Å²) >= 11 is 0. The lowest BCUT2D eigenvalue weighted by Gasteiger charge is -2.17. The number of aliphatic hydroxyl groups is 1. The number of hydrogen-bond acceptors (Lipinski definition) is 8. The fraction of sp³-hybridized carbons (Fsp3) is 0.318. The van der Waals surface area contributed by atoms with Crippen LogP contribution in [0.4, 0.5) is 5.82 Å². The number of nitrogens with zero attached hydrogens (tertiary/aromatic N) is 3. The van der Waals surface area contributed by atoms with Crippen molar-refractivity contribution in [2.75, 3.05) is 19.4 Å². The van der Waals surface area contributed by atoms with Crippen LogP contribution in [0.2, 0.25) is 0 Å². The summed E-state index contributed by atoms with van der Waals surface area (Å²) in [6.45, 7) is 5.22. The van der Waals surface area contributed by atoms with Gasteiger partial charge < -0.3 is 15.6 Å². The molecule has 0 amide bonds. The van der Waals surface area contributed by atoms with Gasteiger partial charge in [-0.25, -0.2) is 23.1 Å². The van der Waals surface area contributed by atoms with Crippen LogP contribution in [0, 0.1) is 6.92 Å². The van der Waals surface area contributed by atoms with Crippen LogP contribution >= 0.6 is 0 Å². The van der Waals surface area contributed by atoms with Crippen molar-refractivity contribution in [3.8, 4) is 28.3 Å². The van der Waals surface area contributed by atoms with E-state index in [1.165, 1.54) is 19.4 Å². The fourth-order valence-electron chi connectivity index (χ4n) is 3.08. The molecule has 9 nitrogen and oxygen atoms in total. The second kappa shape index (κ2) is 9.19. The van der Waals surface area contributed by atoms with E-state index >= 15 is 0 Å². The molecule has 0 saturated carbocycles.